The second kappa shape index (κ2) is 12.2. The van der Waals surface area contributed by atoms with Crippen molar-refractivity contribution in [2.75, 3.05) is 19.6 Å². The molecular weight excluding hydrogens is 516 g/mol. The quantitative estimate of drug-likeness (QED) is 0.396. The van der Waals surface area contributed by atoms with Crippen molar-refractivity contribution in [2.45, 2.75) is 57.0 Å². The number of imide groups is 1. The minimum Gasteiger partial charge on any atom is -0.487 e. The van der Waals surface area contributed by atoms with Crippen molar-refractivity contribution in [3.05, 3.63) is 101 Å². The fourth-order valence-corrected chi connectivity index (χ4v) is 6.16. The summed E-state index contributed by atoms with van der Waals surface area (Å²) in [6.07, 6.45) is 2.45. The van der Waals surface area contributed by atoms with Crippen LogP contribution in [0.1, 0.15) is 46.3 Å². The molecule has 8 nitrogen and oxygen atoms in total. The van der Waals surface area contributed by atoms with Gasteiger partial charge in [0.15, 0.2) is 0 Å². The summed E-state index contributed by atoms with van der Waals surface area (Å²) < 4.78 is 6.66. The molecule has 6 rings (SSSR count). The monoisotopic (exact) mass is 552 g/mol. The number of ether oxygens (including phenoxy) is 1. The lowest BCUT2D eigenvalue weighted by Gasteiger charge is -2.39. The minimum absolute atomic E-state index is 0.0652. The van der Waals surface area contributed by atoms with Crippen molar-refractivity contribution in [3.8, 4) is 5.75 Å². The Morgan fingerprint density at radius 1 is 0.902 bits per heavy atom. The summed E-state index contributed by atoms with van der Waals surface area (Å²) >= 11 is 0. The van der Waals surface area contributed by atoms with Crippen LogP contribution in [0.3, 0.4) is 0 Å². The molecule has 3 aromatic rings. The Bertz CT molecular complexity index is 1400. The molecule has 2 N–H and O–H groups in total. The highest BCUT2D eigenvalue weighted by atomic mass is 16.5. The van der Waals surface area contributed by atoms with Gasteiger partial charge in [0.2, 0.25) is 11.8 Å². The van der Waals surface area contributed by atoms with Gasteiger partial charge in [0, 0.05) is 44.2 Å². The predicted octanol–water partition coefficient (Wildman–Crippen LogP) is 3.30. The molecule has 0 spiro atoms. The Labute approximate surface area is 240 Å². The first kappa shape index (κ1) is 27.2. The number of carbonyl (C=O) groups is 3. The smallest absolute Gasteiger partial charge is 0.255 e. The molecule has 3 atom stereocenters. The van der Waals surface area contributed by atoms with Gasteiger partial charge in [-0.2, -0.15) is 0 Å². The van der Waals surface area contributed by atoms with Crippen LogP contribution in [-0.4, -0.2) is 65.3 Å². The lowest BCUT2D eigenvalue weighted by molar-refractivity contribution is -0.136. The Morgan fingerprint density at radius 2 is 1.66 bits per heavy atom. The third kappa shape index (κ3) is 6.34. The number of nitrogens with one attached hydrogen (secondary N) is 2. The van der Waals surface area contributed by atoms with E-state index in [-0.39, 0.29) is 30.4 Å². The number of hydrogen-bond donors (Lipinski definition) is 2. The van der Waals surface area contributed by atoms with Gasteiger partial charge in [0.25, 0.3) is 5.91 Å². The zero-order chi connectivity index (χ0) is 28.2. The Morgan fingerprint density at radius 3 is 2.41 bits per heavy atom. The normalized spacial score (nSPS) is 22.9. The van der Waals surface area contributed by atoms with Crippen molar-refractivity contribution >= 4 is 17.7 Å². The molecule has 3 amide bonds. The number of piperidine rings is 2. The van der Waals surface area contributed by atoms with Crippen molar-refractivity contribution in [1.82, 2.24) is 20.4 Å². The molecule has 8 heteroatoms. The number of benzene rings is 3. The Balaban J connectivity index is 1.15. The van der Waals surface area contributed by atoms with Gasteiger partial charge in [-0.15, -0.1) is 0 Å². The number of nitrogens with zero attached hydrogens (tertiary/aromatic N) is 2. The van der Waals surface area contributed by atoms with E-state index in [2.05, 4.69) is 64.1 Å². The summed E-state index contributed by atoms with van der Waals surface area (Å²) in [4.78, 5) is 41.2. The second-order valence-electron chi connectivity index (χ2n) is 11.2. The third-order valence-corrected chi connectivity index (χ3v) is 8.34. The van der Waals surface area contributed by atoms with Gasteiger partial charge >= 0.3 is 0 Å². The van der Waals surface area contributed by atoms with E-state index >= 15 is 0 Å². The van der Waals surface area contributed by atoms with Crippen LogP contribution in [0.4, 0.5) is 0 Å². The summed E-state index contributed by atoms with van der Waals surface area (Å²) in [5.41, 5.74) is 4.03. The van der Waals surface area contributed by atoms with Crippen LogP contribution in [0, 0.1) is 0 Å². The maximum absolute atomic E-state index is 13.1. The molecule has 0 saturated carbocycles. The van der Waals surface area contributed by atoms with Gasteiger partial charge in [0.1, 0.15) is 17.9 Å². The topological polar surface area (TPSA) is 91.0 Å². The summed E-state index contributed by atoms with van der Waals surface area (Å²) in [5, 5.41) is 6.12. The molecule has 0 bridgehead atoms. The van der Waals surface area contributed by atoms with E-state index in [1.54, 1.807) is 11.0 Å². The number of fused-ring (bicyclic) bond motifs is 1. The van der Waals surface area contributed by atoms with Gasteiger partial charge in [-0.25, -0.2) is 0 Å². The Hall–Kier alpha value is -4.01. The van der Waals surface area contributed by atoms with Crippen LogP contribution in [0.5, 0.6) is 5.75 Å². The van der Waals surface area contributed by atoms with Crippen LogP contribution in [0.2, 0.25) is 0 Å². The number of carbonyl (C=O) groups excluding carboxylic acids is 3. The predicted molar refractivity (Wildman–Crippen MR) is 155 cm³/mol. The number of rotatable bonds is 9. The van der Waals surface area contributed by atoms with Crippen LogP contribution in [-0.2, 0) is 29.1 Å². The van der Waals surface area contributed by atoms with Crippen LogP contribution >= 0.6 is 0 Å². The fourth-order valence-electron chi connectivity index (χ4n) is 6.16. The molecule has 41 heavy (non-hydrogen) atoms. The van der Waals surface area contributed by atoms with E-state index < -0.39 is 11.9 Å². The average molecular weight is 553 g/mol. The lowest BCUT2D eigenvalue weighted by Crippen LogP contribution is -2.55. The van der Waals surface area contributed by atoms with Crippen molar-refractivity contribution in [3.63, 3.8) is 0 Å². The number of likely N-dealkylation sites (tertiary alicyclic amines) is 1. The molecule has 2 fully saturated rings. The van der Waals surface area contributed by atoms with Gasteiger partial charge in [0.05, 0.1) is 0 Å². The molecule has 0 aromatic heterocycles. The molecule has 1 unspecified atom stereocenters. The molecule has 0 radical (unpaired) electrons. The summed E-state index contributed by atoms with van der Waals surface area (Å²) in [7, 11) is 0. The van der Waals surface area contributed by atoms with E-state index in [0.29, 0.717) is 18.5 Å². The zero-order valence-corrected chi connectivity index (χ0v) is 23.1. The fraction of sp³-hybridized carbons (Fsp3) is 0.364. The highest BCUT2D eigenvalue weighted by Crippen LogP contribution is 2.31. The minimum atomic E-state index is -0.625. The molecule has 3 aliphatic heterocycles. The SMILES string of the molecule is O=C1CCC(N2Cc3cc(O[C@H]4CN(Cc5ccccc5)CC[C@@H]4NCCc4ccccc4)ccc3C2=O)C(=O)N1. The summed E-state index contributed by atoms with van der Waals surface area (Å²) in [6, 6.07) is 26.2. The molecule has 212 valence electrons. The summed E-state index contributed by atoms with van der Waals surface area (Å²) in [6.45, 7) is 3.85. The van der Waals surface area contributed by atoms with Crippen LogP contribution < -0.4 is 15.4 Å². The van der Waals surface area contributed by atoms with Gasteiger partial charge in [-0.3, -0.25) is 24.6 Å². The second-order valence-corrected chi connectivity index (χ2v) is 11.2. The third-order valence-electron chi connectivity index (χ3n) is 8.34. The Kier molecular flexibility index (Phi) is 8.11. The molecule has 2 saturated heterocycles. The van der Waals surface area contributed by atoms with E-state index in [9.17, 15) is 14.4 Å². The van der Waals surface area contributed by atoms with E-state index in [1.807, 2.05) is 24.3 Å². The molecular formula is C33H36N4O4. The molecule has 3 aliphatic rings. The van der Waals surface area contributed by atoms with Gasteiger partial charge in [-0.1, -0.05) is 60.7 Å². The largest absolute Gasteiger partial charge is 0.487 e. The van der Waals surface area contributed by atoms with E-state index in [4.69, 9.17) is 4.74 Å². The van der Waals surface area contributed by atoms with E-state index in [0.717, 1.165) is 50.3 Å². The molecule has 3 aromatic carbocycles. The molecule has 0 aliphatic carbocycles. The lowest BCUT2D eigenvalue weighted by atomic mass is 10.00. The first-order valence-corrected chi connectivity index (χ1v) is 14.5. The number of hydrogen-bond acceptors (Lipinski definition) is 6. The summed E-state index contributed by atoms with van der Waals surface area (Å²) in [5.74, 6) is -0.132. The van der Waals surface area contributed by atoms with Crippen molar-refractivity contribution in [2.24, 2.45) is 0 Å². The van der Waals surface area contributed by atoms with Crippen LogP contribution in [0.15, 0.2) is 78.9 Å². The zero-order valence-electron chi connectivity index (χ0n) is 23.1. The average Bonchev–Trinajstić information content (AvgIpc) is 3.30. The maximum Gasteiger partial charge on any atom is 0.255 e. The van der Waals surface area contributed by atoms with Crippen molar-refractivity contribution < 1.29 is 19.1 Å². The maximum atomic E-state index is 13.1. The molecule has 3 heterocycles. The highest BCUT2D eigenvalue weighted by Gasteiger charge is 2.39. The van der Waals surface area contributed by atoms with Crippen LogP contribution in [0.25, 0.3) is 0 Å². The first-order valence-electron chi connectivity index (χ1n) is 14.5. The van der Waals surface area contributed by atoms with Crippen molar-refractivity contribution in [1.29, 1.82) is 0 Å². The first-order chi connectivity index (χ1) is 20.0. The number of amides is 3. The van der Waals surface area contributed by atoms with E-state index in [1.165, 1.54) is 11.1 Å². The van der Waals surface area contributed by atoms with Gasteiger partial charge < -0.3 is 15.0 Å². The highest BCUT2D eigenvalue weighted by molar-refractivity contribution is 6.05. The standard InChI is InChI=1S/C33H36N4O4/c38-31-14-13-29(32(39)35-31)37-21-25-19-26(11-12-27(25)33(37)40)41-30-22-36(20-24-9-5-2-6-10-24)18-16-28(30)34-17-15-23-7-3-1-4-8-23/h1-12,19,28-30,34H,13-18,20-22H2,(H,35,38,39)/t28-,29?,30-/m0/s1. The van der Waals surface area contributed by atoms with Gasteiger partial charge in [-0.05, 0) is 60.7 Å².